The highest BCUT2D eigenvalue weighted by Gasteiger charge is 2.15. The van der Waals surface area contributed by atoms with Crippen LogP contribution in [-0.4, -0.2) is 27.6 Å². The van der Waals surface area contributed by atoms with Crippen LogP contribution in [0.3, 0.4) is 0 Å². The first kappa shape index (κ1) is 15.1. The standard InChI is InChI=1S/C16H22N4O/c1-11-7-5-6-8-14(11)9-19(4)15(21)10-20-13(3)16(17)12(2)18-20/h5-8H,9-10,17H2,1-4H3. The monoisotopic (exact) mass is 286 g/mol. The third kappa shape index (κ3) is 3.24. The van der Waals surface area contributed by atoms with Crippen LogP contribution < -0.4 is 5.73 Å². The molecular weight excluding hydrogens is 264 g/mol. The zero-order valence-electron chi connectivity index (χ0n) is 13.1. The molecule has 5 nitrogen and oxygen atoms in total. The average Bonchev–Trinajstić information content (AvgIpc) is 2.68. The van der Waals surface area contributed by atoms with Crippen molar-refractivity contribution >= 4 is 11.6 Å². The number of nitrogens with two attached hydrogens (primary N) is 1. The molecule has 0 spiro atoms. The van der Waals surface area contributed by atoms with Crippen molar-refractivity contribution in [3.05, 3.63) is 46.8 Å². The molecule has 2 N–H and O–H groups in total. The van der Waals surface area contributed by atoms with E-state index in [2.05, 4.69) is 18.1 Å². The smallest absolute Gasteiger partial charge is 0.244 e. The van der Waals surface area contributed by atoms with Gasteiger partial charge >= 0.3 is 0 Å². The number of amides is 1. The molecule has 0 aliphatic heterocycles. The maximum absolute atomic E-state index is 12.3. The minimum Gasteiger partial charge on any atom is -0.396 e. The lowest BCUT2D eigenvalue weighted by Gasteiger charge is -2.19. The number of carbonyl (C=O) groups excluding carboxylic acids is 1. The van der Waals surface area contributed by atoms with Gasteiger partial charge in [-0.25, -0.2) is 0 Å². The molecule has 0 saturated carbocycles. The van der Waals surface area contributed by atoms with Crippen LogP contribution in [0, 0.1) is 20.8 Å². The van der Waals surface area contributed by atoms with E-state index in [-0.39, 0.29) is 12.5 Å². The number of aryl methyl sites for hydroxylation is 2. The van der Waals surface area contributed by atoms with Crippen molar-refractivity contribution in [3.63, 3.8) is 0 Å². The second-order valence-corrected chi connectivity index (χ2v) is 5.42. The number of nitrogen functional groups attached to an aromatic ring is 1. The third-order valence-electron chi connectivity index (χ3n) is 3.82. The van der Waals surface area contributed by atoms with Crippen LogP contribution in [0.1, 0.15) is 22.5 Å². The summed E-state index contributed by atoms with van der Waals surface area (Å²) in [5.41, 5.74) is 10.5. The van der Waals surface area contributed by atoms with E-state index in [1.54, 1.807) is 9.58 Å². The highest BCUT2D eigenvalue weighted by molar-refractivity contribution is 5.76. The van der Waals surface area contributed by atoms with E-state index in [0.29, 0.717) is 12.2 Å². The summed E-state index contributed by atoms with van der Waals surface area (Å²) < 4.78 is 1.67. The Morgan fingerprint density at radius 2 is 1.95 bits per heavy atom. The van der Waals surface area contributed by atoms with Crippen LogP contribution in [0.5, 0.6) is 0 Å². The molecule has 1 amide bonds. The van der Waals surface area contributed by atoms with Crippen molar-refractivity contribution in [2.24, 2.45) is 0 Å². The maximum atomic E-state index is 12.3. The normalized spacial score (nSPS) is 10.7. The maximum Gasteiger partial charge on any atom is 0.244 e. The number of nitrogens with zero attached hydrogens (tertiary/aromatic N) is 3. The fraction of sp³-hybridized carbons (Fsp3) is 0.375. The van der Waals surface area contributed by atoms with Crippen molar-refractivity contribution in [2.45, 2.75) is 33.9 Å². The van der Waals surface area contributed by atoms with Crippen molar-refractivity contribution in [1.29, 1.82) is 0 Å². The highest BCUT2D eigenvalue weighted by Crippen LogP contribution is 2.15. The predicted octanol–water partition coefficient (Wildman–Crippen LogP) is 2.05. The fourth-order valence-electron chi connectivity index (χ4n) is 2.24. The molecule has 1 aromatic carbocycles. The SMILES string of the molecule is Cc1ccccc1CN(C)C(=O)Cn1nc(C)c(N)c1C. The van der Waals surface area contributed by atoms with Gasteiger partial charge in [0.25, 0.3) is 0 Å². The molecule has 0 aliphatic rings. The summed E-state index contributed by atoms with van der Waals surface area (Å²) in [6.07, 6.45) is 0. The molecule has 0 unspecified atom stereocenters. The van der Waals surface area contributed by atoms with Crippen LogP contribution in [0.2, 0.25) is 0 Å². The van der Waals surface area contributed by atoms with E-state index in [1.165, 1.54) is 5.56 Å². The Kier molecular flexibility index (Phi) is 4.31. The molecule has 2 rings (SSSR count). The summed E-state index contributed by atoms with van der Waals surface area (Å²) in [6.45, 7) is 6.59. The molecule has 2 aromatic rings. The first-order valence-electron chi connectivity index (χ1n) is 6.98. The third-order valence-corrected chi connectivity index (χ3v) is 3.82. The van der Waals surface area contributed by atoms with Crippen molar-refractivity contribution in [1.82, 2.24) is 14.7 Å². The molecule has 1 aromatic heterocycles. The van der Waals surface area contributed by atoms with E-state index in [0.717, 1.165) is 17.0 Å². The van der Waals surface area contributed by atoms with Gasteiger partial charge in [-0.1, -0.05) is 24.3 Å². The van der Waals surface area contributed by atoms with E-state index in [9.17, 15) is 4.79 Å². The highest BCUT2D eigenvalue weighted by atomic mass is 16.2. The molecule has 5 heteroatoms. The Hall–Kier alpha value is -2.30. The number of anilines is 1. The second-order valence-electron chi connectivity index (χ2n) is 5.42. The van der Waals surface area contributed by atoms with E-state index < -0.39 is 0 Å². The summed E-state index contributed by atoms with van der Waals surface area (Å²) in [7, 11) is 1.81. The van der Waals surface area contributed by atoms with Gasteiger partial charge in [0.1, 0.15) is 6.54 Å². The first-order chi connectivity index (χ1) is 9.90. The number of likely N-dealkylation sites (N-methyl/N-ethyl adjacent to an activating group) is 1. The molecule has 0 bridgehead atoms. The quantitative estimate of drug-likeness (QED) is 0.935. The van der Waals surface area contributed by atoms with Gasteiger partial charge in [0.2, 0.25) is 5.91 Å². The number of hydrogen-bond acceptors (Lipinski definition) is 3. The van der Waals surface area contributed by atoms with Gasteiger partial charge in [-0.05, 0) is 31.9 Å². The molecule has 21 heavy (non-hydrogen) atoms. The van der Waals surface area contributed by atoms with Crippen molar-refractivity contribution in [2.75, 3.05) is 12.8 Å². The van der Waals surface area contributed by atoms with Gasteiger partial charge in [0.15, 0.2) is 0 Å². The van der Waals surface area contributed by atoms with Gasteiger partial charge < -0.3 is 10.6 Å². The predicted molar refractivity (Wildman–Crippen MR) is 83.8 cm³/mol. The molecule has 0 radical (unpaired) electrons. The van der Waals surface area contributed by atoms with Gasteiger partial charge in [-0.3, -0.25) is 9.48 Å². The molecule has 0 fully saturated rings. The summed E-state index contributed by atoms with van der Waals surface area (Å²) in [5, 5.41) is 4.30. The number of carbonyl (C=O) groups is 1. The topological polar surface area (TPSA) is 64.2 Å². The molecule has 0 atom stereocenters. The summed E-state index contributed by atoms with van der Waals surface area (Å²) in [4.78, 5) is 14.0. The van der Waals surface area contributed by atoms with Crippen LogP contribution in [0.15, 0.2) is 24.3 Å². The van der Waals surface area contributed by atoms with E-state index >= 15 is 0 Å². The van der Waals surface area contributed by atoms with Gasteiger partial charge in [0.05, 0.1) is 17.1 Å². The van der Waals surface area contributed by atoms with Crippen molar-refractivity contribution in [3.8, 4) is 0 Å². The van der Waals surface area contributed by atoms with Crippen LogP contribution in [0.4, 0.5) is 5.69 Å². The molecular formula is C16H22N4O. The zero-order chi connectivity index (χ0) is 15.6. The fourth-order valence-corrected chi connectivity index (χ4v) is 2.24. The summed E-state index contributed by atoms with van der Waals surface area (Å²) >= 11 is 0. The van der Waals surface area contributed by atoms with Gasteiger partial charge in [-0.15, -0.1) is 0 Å². The molecule has 112 valence electrons. The average molecular weight is 286 g/mol. The lowest BCUT2D eigenvalue weighted by molar-refractivity contribution is -0.131. The van der Waals surface area contributed by atoms with Gasteiger partial charge in [0, 0.05) is 13.6 Å². The Labute approximate surface area is 125 Å². The lowest BCUT2D eigenvalue weighted by atomic mass is 10.1. The summed E-state index contributed by atoms with van der Waals surface area (Å²) in [6, 6.07) is 8.08. The largest absolute Gasteiger partial charge is 0.396 e. The van der Waals surface area contributed by atoms with Crippen molar-refractivity contribution < 1.29 is 4.79 Å². The lowest BCUT2D eigenvalue weighted by Crippen LogP contribution is -2.30. The molecule has 0 saturated heterocycles. The number of benzene rings is 1. The molecule has 1 heterocycles. The van der Waals surface area contributed by atoms with Crippen LogP contribution in [-0.2, 0) is 17.9 Å². The number of hydrogen-bond donors (Lipinski definition) is 1. The second kappa shape index (κ2) is 5.99. The van der Waals surface area contributed by atoms with Gasteiger partial charge in [-0.2, -0.15) is 5.10 Å². The Bertz CT molecular complexity index is 660. The molecule has 0 aliphatic carbocycles. The van der Waals surface area contributed by atoms with Crippen LogP contribution in [0.25, 0.3) is 0 Å². The van der Waals surface area contributed by atoms with Crippen LogP contribution >= 0.6 is 0 Å². The zero-order valence-corrected chi connectivity index (χ0v) is 13.1. The Morgan fingerprint density at radius 1 is 1.29 bits per heavy atom. The van der Waals surface area contributed by atoms with E-state index in [1.807, 2.05) is 39.1 Å². The Balaban J connectivity index is 2.06. The Morgan fingerprint density at radius 3 is 2.52 bits per heavy atom. The minimum absolute atomic E-state index is 0.0175. The first-order valence-corrected chi connectivity index (χ1v) is 6.98. The summed E-state index contributed by atoms with van der Waals surface area (Å²) in [5.74, 6) is 0.0175. The minimum atomic E-state index is 0.0175. The number of rotatable bonds is 4. The number of aromatic nitrogens is 2. The van der Waals surface area contributed by atoms with E-state index in [4.69, 9.17) is 5.73 Å².